The van der Waals surface area contributed by atoms with Crippen LogP contribution in [0.5, 0.6) is 0 Å². The predicted octanol–water partition coefficient (Wildman–Crippen LogP) is 3.83. The van der Waals surface area contributed by atoms with Gasteiger partial charge < -0.3 is 4.74 Å². The van der Waals surface area contributed by atoms with E-state index in [1.807, 2.05) is 0 Å². The highest BCUT2D eigenvalue weighted by molar-refractivity contribution is 9.10. The van der Waals surface area contributed by atoms with Crippen LogP contribution in [0, 0.1) is 5.82 Å². The number of benzene rings is 2. The SMILES string of the molecule is COC(=O)c1cc(S(=O)(=O)Nc2ccccc2Cl)c(F)cc1Br. The molecule has 0 aliphatic rings. The first-order valence-corrected chi connectivity index (χ1v) is 8.76. The summed E-state index contributed by atoms with van der Waals surface area (Å²) in [7, 11) is -3.15. The largest absolute Gasteiger partial charge is 0.465 e. The zero-order chi connectivity index (χ0) is 17.2. The molecule has 0 saturated carbocycles. The summed E-state index contributed by atoms with van der Waals surface area (Å²) in [4.78, 5) is 10.9. The number of hydrogen-bond acceptors (Lipinski definition) is 4. The standard InChI is InChI=1S/C14H10BrClFNO4S/c1-22-14(19)8-6-13(11(17)7-9(8)15)23(20,21)18-12-5-3-2-4-10(12)16/h2-7,18H,1H3. The maximum atomic E-state index is 14.1. The summed E-state index contributed by atoms with van der Waals surface area (Å²) in [5.41, 5.74) is -0.0236. The average molecular weight is 423 g/mol. The number of halogens is 3. The van der Waals surface area contributed by atoms with Gasteiger partial charge in [-0.25, -0.2) is 17.6 Å². The molecule has 23 heavy (non-hydrogen) atoms. The molecule has 2 aromatic rings. The van der Waals surface area contributed by atoms with Gasteiger partial charge in [0.1, 0.15) is 10.7 Å². The maximum absolute atomic E-state index is 14.1. The first kappa shape index (κ1) is 17.7. The molecule has 0 atom stereocenters. The van der Waals surface area contributed by atoms with Gasteiger partial charge >= 0.3 is 5.97 Å². The molecule has 0 aliphatic heterocycles. The minimum atomic E-state index is -4.29. The van der Waals surface area contributed by atoms with Crippen molar-refractivity contribution >= 4 is 49.2 Å². The van der Waals surface area contributed by atoms with Gasteiger partial charge in [0.15, 0.2) is 0 Å². The Bertz CT molecular complexity index is 873. The summed E-state index contributed by atoms with van der Waals surface area (Å²) >= 11 is 8.88. The van der Waals surface area contributed by atoms with Crippen molar-refractivity contribution in [3.8, 4) is 0 Å². The second-order valence-electron chi connectivity index (χ2n) is 4.34. The first-order valence-electron chi connectivity index (χ1n) is 6.11. The van der Waals surface area contributed by atoms with Crippen LogP contribution in [-0.2, 0) is 14.8 Å². The number of nitrogens with one attached hydrogen (secondary N) is 1. The molecule has 0 radical (unpaired) electrons. The molecule has 0 saturated heterocycles. The van der Waals surface area contributed by atoms with Gasteiger partial charge in [-0.15, -0.1) is 0 Å². The van der Waals surface area contributed by atoms with Crippen LogP contribution >= 0.6 is 27.5 Å². The quantitative estimate of drug-likeness (QED) is 0.760. The Kier molecular flexibility index (Phi) is 5.28. The Morgan fingerprint density at radius 3 is 2.57 bits per heavy atom. The van der Waals surface area contributed by atoms with Crippen molar-refractivity contribution in [1.82, 2.24) is 0 Å². The van der Waals surface area contributed by atoms with Gasteiger partial charge in [0.25, 0.3) is 10.0 Å². The molecule has 0 fully saturated rings. The summed E-state index contributed by atoms with van der Waals surface area (Å²) in [6, 6.07) is 7.88. The zero-order valence-electron chi connectivity index (χ0n) is 11.6. The molecular weight excluding hydrogens is 413 g/mol. The second kappa shape index (κ2) is 6.86. The molecule has 0 bridgehead atoms. The van der Waals surface area contributed by atoms with Crippen molar-refractivity contribution in [3.63, 3.8) is 0 Å². The lowest BCUT2D eigenvalue weighted by molar-refractivity contribution is 0.0599. The molecule has 0 aliphatic carbocycles. The highest BCUT2D eigenvalue weighted by atomic mass is 79.9. The molecule has 0 amide bonds. The van der Waals surface area contributed by atoms with E-state index in [9.17, 15) is 17.6 Å². The number of anilines is 1. The molecule has 2 aromatic carbocycles. The van der Waals surface area contributed by atoms with Crippen LogP contribution < -0.4 is 4.72 Å². The van der Waals surface area contributed by atoms with Gasteiger partial charge in [0.2, 0.25) is 0 Å². The first-order chi connectivity index (χ1) is 10.8. The van der Waals surface area contributed by atoms with E-state index in [0.29, 0.717) is 0 Å². The number of sulfonamides is 1. The summed E-state index contributed by atoms with van der Waals surface area (Å²) in [6.07, 6.45) is 0. The average Bonchev–Trinajstić information content (AvgIpc) is 2.48. The molecule has 0 heterocycles. The maximum Gasteiger partial charge on any atom is 0.339 e. The number of rotatable bonds is 4. The lowest BCUT2D eigenvalue weighted by atomic mass is 10.2. The number of carbonyl (C=O) groups is 1. The predicted molar refractivity (Wildman–Crippen MR) is 87.7 cm³/mol. The van der Waals surface area contributed by atoms with Crippen molar-refractivity contribution in [2.75, 3.05) is 11.8 Å². The normalized spacial score (nSPS) is 11.1. The van der Waals surface area contributed by atoms with Crippen LogP contribution in [0.2, 0.25) is 5.02 Å². The number of para-hydroxylation sites is 1. The third-order valence-corrected chi connectivity index (χ3v) is 5.20. The molecule has 0 aromatic heterocycles. The lowest BCUT2D eigenvalue weighted by Gasteiger charge is -2.12. The van der Waals surface area contributed by atoms with Crippen molar-refractivity contribution in [2.45, 2.75) is 4.90 Å². The molecule has 1 N–H and O–H groups in total. The molecule has 122 valence electrons. The molecule has 2 rings (SSSR count). The summed E-state index contributed by atoms with van der Waals surface area (Å²) < 4.78 is 45.6. The van der Waals surface area contributed by atoms with Crippen LogP contribution in [0.1, 0.15) is 10.4 Å². The van der Waals surface area contributed by atoms with E-state index >= 15 is 0 Å². The fourth-order valence-electron chi connectivity index (χ4n) is 1.75. The van der Waals surface area contributed by atoms with E-state index in [4.69, 9.17) is 11.6 Å². The van der Waals surface area contributed by atoms with E-state index in [-0.39, 0.29) is 20.7 Å². The zero-order valence-corrected chi connectivity index (χ0v) is 14.8. The van der Waals surface area contributed by atoms with Crippen LogP contribution in [0.15, 0.2) is 45.8 Å². The van der Waals surface area contributed by atoms with Crippen LogP contribution in [0.4, 0.5) is 10.1 Å². The fourth-order valence-corrected chi connectivity index (χ4v) is 3.63. The smallest absolute Gasteiger partial charge is 0.339 e. The van der Waals surface area contributed by atoms with E-state index < -0.39 is 26.7 Å². The number of carbonyl (C=O) groups excluding carboxylic acids is 1. The van der Waals surface area contributed by atoms with Gasteiger partial charge in [-0.2, -0.15) is 0 Å². The molecule has 5 nitrogen and oxygen atoms in total. The van der Waals surface area contributed by atoms with Crippen molar-refractivity contribution in [1.29, 1.82) is 0 Å². The third-order valence-electron chi connectivity index (χ3n) is 2.83. The van der Waals surface area contributed by atoms with E-state index in [0.717, 1.165) is 19.2 Å². The Morgan fingerprint density at radius 2 is 1.96 bits per heavy atom. The fraction of sp³-hybridized carbons (Fsp3) is 0.0714. The lowest BCUT2D eigenvalue weighted by Crippen LogP contribution is -2.16. The second-order valence-corrected chi connectivity index (χ2v) is 7.25. The number of ether oxygens (including phenoxy) is 1. The van der Waals surface area contributed by atoms with Crippen molar-refractivity contribution in [2.24, 2.45) is 0 Å². The highest BCUT2D eigenvalue weighted by Crippen LogP contribution is 2.28. The monoisotopic (exact) mass is 421 g/mol. The summed E-state index contributed by atoms with van der Waals surface area (Å²) in [6.45, 7) is 0. The van der Waals surface area contributed by atoms with Gasteiger partial charge in [-0.05, 0) is 40.2 Å². The van der Waals surface area contributed by atoms with Crippen molar-refractivity contribution in [3.05, 3.63) is 57.3 Å². The molecule has 0 spiro atoms. The molecule has 0 unspecified atom stereocenters. The topological polar surface area (TPSA) is 72.5 Å². The van der Waals surface area contributed by atoms with Crippen LogP contribution in [-0.4, -0.2) is 21.5 Å². The highest BCUT2D eigenvalue weighted by Gasteiger charge is 2.24. The van der Waals surface area contributed by atoms with E-state index in [2.05, 4.69) is 25.4 Å². The number of hydrogen-bond donors (Lipinski definition) is 1. The Balaban J connectivity index is 2.52. The van der Waals surface area contributed by atoms with E-state index in [1.54, 1.807) is 12.1 Å². The number of methoxy groups -OCH3 is 1. The van der Waals surface area contributed by atoms with Gasteiger partial charge in [0, 0.05) is 4.47 Å². The van der Waals surface area contributed by atoms with Crippen LogP contribution in [0.3, 0.4) is 0 Å². The van der Waals surface area contributed by atoms with Gasteiger partial charge in [0.05, 0.1) is 23.4 Å². The Hall–Kier alpha value is -1.64. The van der Waals surface area contributed by atoms with E-state index in [1.165, 1.54) is 12.1 Å². The van der Waals surface area contributed by atoms with Gasteiger partial charge in [-0.3, -0.25) is 4.72 Å². The Labute approximate surface area is 145 Å². The third kappa shape index (κ3) is 3.82. The molecular formula is C14H10BrClFNO4S. The van der Waals surface area contributed by atoms with Gasteiger partial charge in [-0.1, -0.05) is 23.7 Å². The Morgan fingerprint density at radius 1 is 1.30 bits per heavy atom. The van der Waals surface area contributed by atoms with Crippen LogP contribution in [0.25, 0.3) is 0 Å². The minimum absolute atomic E-state index is 0.0820. The molecule has 9 heteroatoms. The summed E-state index contributed by atoms with van der Waals surface area (Å²) in [5, 5.41) is 0.154. The van der Waals surface area contributed by atoms with Crippen molar-refractivity contribution < 1.29 is 22.3 Å². The summed E-state index contributed by atoms with van der Waals surface area (Å²) in [5.74, 6) is -1.82. The number of esters is 1. The minimum Gasteiger partial charge on any atom is -0.465 e.